The van der Waals surface area contributed by atoms with Crippen LogP contribution >= 0.6 is 23.1 Å². The Morgan fingerprint density at radius 3 is 2.45 bits per heavy atom. The first-order valence-corrected chi connectivity index (χ1v) is 12.7. The van der Waals surface area contributed by atoms with E-state index in [1.165, 1.54) is 48.2 Å². The molecule has 3 rings (SSSR count). The number of nitrogens with one attached hydrogen (secondary N) is 2. The molecule has 2 aromatic carbocycles. The molecule has 13 heteroatoms. The molecule has 0 radical (unpaired) electrons. The van der Waals surface area contributed by atoms with Crippen LogP contribution in [0, 0.1) is 5.82 Å². The van der Waals surface area contributed by atoms with Crippen molar-refractivity contribution in [1.29, 1.82) is 0 Å². The molecule has 0 spiro atoms. The fourth-order valence-electron chi connectivity index (χ4n) is 2.57. The molecule has 2 N–H and O–H groups in total. The third kappa shape index (κ3) is 6.55. The number of halogens is 3. The molecule has 0 unspecified atom stereocenters. The second kappa shape index (κ2) is 10.8. The normalized spacial score (nSPS) is 11.4. The standard InChI is InChI=1S/C20H16F3N3O4S3/c21-12-5-7-13(8-6-12)24-17(27)11-31-9-14-10-32-20(25-14)26-18(28)15-3-1-2-4-16(15)33(29,30)19(22)23/h1-8,10,19H,9,11H2,(H,24,27)(H,25,26,28). The van der Waals surface area contributed by atoms with Crippen LogP contribution in [0.25, 0.3) is 0 Å². The highest BCUT2D eigenvalue weighted by Gasteiger charge is 2.31. The second-order valence-corrected chi connectivity index (χ2v) is 10.2. The number of benzene rings is 2. The average molecular weight is 516 g/mol. The maximum absolute atomic E-state index is 12.9. The van der Waals surface area contributed by atoms with Crippen LogP contribution in [0.2, 0.25) is 0 Å². The molecule has 7 nitrogen and oxygen atoms in total. The molecule has 2 amide bonds. The van der Waals surface area contributed by atoms with Gasteiger partial charge in [0, 0.05) is 16.8 Å². The predicted octanol–water partition coefficient (Wildman–Crippen LogP) is 4.40. The Bertz CT molecular complexity index is 1250. The number of hydrogen-bond acceptors (Lipinski definition) is 7. The quantitative estimate of drug-likeness (QED) is 0.438. The van der Waals surface area contributed by atoms with Crippen LogP contribution in [-0.2, 0) is 20.4 Å². The third-order valence-electron chi connectivity index (χ3n) is 4.06. The summed E-state index contributed by atoms with van der Waals surface area (Å²) in [5.41, 5.74) is 0.611. The summed E-state index contributed by atoms with van der Waals surface area (Å²) in [7, 11) is -4.96. The lowest BCUT2D eigenvalue weighted by Gasteiger charge is -2.09. The van der Waals surface area contributed by atoms with Crippen LogP contribution in [-0.4, -0.2) is 36.7 Å². The smallest absolute Gasteiger partial charge is 0.325 e. The van der Waals surface area contributed by atoms with Crippen LogP contribution < -0.4 is 10.6 Å². The molecule has 1 aromatic heterocycles. The zero-order chi connectivity index (χ0) is 24.0. The van der Waals surface area contributed by atoms with Crippen molar-refractivity contribution in [3.8, 4) is 0 Å². The van der Waals surface area contributed by atoms with Crippen molar-refractivity contribution in [3.63, 3.8) is 0 Å². The van der Waals surface area contributed by atoms with Crippen LogP contribution in [0.15, 0.2) is 58.8 Å². The zero-order valence-electron chi connectivity index (χ0n) is 16.6. The van der Waals surface area contributed by atoms with Gasteiger partial charge in [-0.2, -0.15) is 8.78 Å². The number of carbonyl (C=O) groups excluding carboxylic acids is 2. The molecule has 0 aliphatic carbocycles. The molecule has 0 fully saturated rings. The van der Waals surface area contributed by atoms with Crippen LogP contribution in [0.1, 0.15) is 16.1 Å². The molecular weight excluding hydrogens is 499 g/mol. The fraction of sp³-hybridized carbons (Fsp3) is 0.150. The summed E-state index contributed by atoms with van der Waals surface area (Å²) < 4.78 is 62.4. The van der Waals surface area contributed by atoms with Gasteiger partial charge in [-0.05, 0) is 36.4 Å². The maximum atomic E-state index is 12.9. The molecular formula is C20H16F3N3O4S3. The van der Waals surface area contributed by atoms with Crippen molar-refractivity contribution in [2.24, 2.45) is 0 Å². The Morgan fingerprint density at radius 2 is 1.76 bits per heavy atom. The molecule has 0 saturated heterocycles. The molecule has 33 heavy (non-hydrogen) atoms. The summed E-state index contributed by atoms with van der Waals surface area (Å²) >= 11 is 2.32. The highest BCUT2D eigenvalue weighted by atomic mass is 32.2. The van der Waals surface area contributed by atoms with E-state index in [1.54, 1.807) is 5.38 Å². The monoisotopic (exact) mass is 515 g/mol. The molecule has 0 atom stereocenters. The molecule has 3 aromatic rings. The van der Waals surface area contributed by atoms with E-state index in [0.717, 1.165) is 23.5 Å². The van der Waals surface area contributed by atoms with E-state index < -0.39 is 37.8 Å². The molecule has 0 aliphatic heterocycles. The van der Waals surface area contributed by atoms with E-state index in [4.69, 9.17) is 0 Å². The van der Waals surface area contributed by atoms with Crippen molar-refractivity contribution in [3.05, 3.63) is 71.0 Å². The lowest BCUT2D eigenvalue weighted by Crippen LogP contribution is -2.19. The molecule has 0 aliphatic rings. The number of carbonyl (C=O) groups is 2. The molecule has 174 valence electrons. The summed E-state index contributed by atoms with van der Waals surface area (Å²) in [6.07, 6.45) is 0. The van der Waals surface area contributed by atoms with E-state index in [9.17, 15) is 31.2 Å². The third-order valence-corrected chi connectivity index (χ3v) is 7.27. The predicted molar refractivity (Wildman–Crippen MR) is 121 cm³/mol. The van der Waals surface area contributed by atoms with Gasteiger partial charge in [-0.25, -0.2) is 17.8 Å². The first-order valence-electron chi connectivity index (χ1n) is 9.17. The Hall–Kier alpha value is -2.90. The topological polar surface area (TPSA) is 105 Å². The zero-order valence-corrected chi connectivity index (χ0v) is 19.1. The summed E-state index contributed by atoms with van der Waals surface area (Å²) in [5.74, 6) is -4.79. The van der Waals surface area contributed by atoms with Gasteiger partial charge in [-0.15, -0.1) is 23.1 Å². The van der Waals surface area contributed by atoms with Crippen molar-refractivity contribution in [2.45, 2.75) is 16.4 Å². The minimum absolute atomic E-state index is 0.107. The van der Waals surface area contributed by atoms with Gasteiger partial charge in [0.2, 0.25) is 15.7 Å². The SMILES string of the molecule is O=C(CSCc1csc(NC(=O)c2ccccc2S(=O)(=O)C(F)F)n1)Nc1ccc(F)cc1. The Kier molecular flexibility index (Phi) is 8.10. The average Bonchev–Trinajstić information content (AvgIpc) is 3.22. The minimum atomic E-state index is -4.96. The van der Waals surface area contributed by atoms with Gasteiger partial charge in [0.15, 0.2) is 5.13 Å². The number of thioether (sulfide) groups is 1. The summed E-state index contributed by atoms with van der Waals surface area (Å²) in [6.45, 7) is 0. The van der Waals surface area contributed by atoms with E-state index in [0.29, 0.717) is 17.1 Å². The van der Waals surface area contributed by atoms with Crippen molar-refractivity contribution in [1.82, 2.24) is 4.98 Å². The summed E-state index contributed by atoms with van der Waals surface area (Å²) in [5, 5.41) is 6.82. The Balaban J connectivity index is 1.55. The number of thiazole rings is 1. The van der Waals surface area contributed by atoms with Gasteiger partial charge < -0.3 is 5.32 Å². The van der Waals surface area contributed by atoms with Gasteiger partial charge in [0.1, 0.15) is 5.82 Å². The van der Waals surface area contributed by atoms with E-state index in [2.05, 4.69) is 15.6 Å². The minimum Gasteiger partial charge on any atom is -0.325 e. The number of nitrogens with zero attached hydrogens (tertiary/aromatic N) is 1. The number of aromatic nitrogens is 1. The first kappa shape index (κ1) is 24.7. The highest BCUT2D eigenvalue weighted by molar-refractivity contribution is 7.99. The molecule has 0 bridgehead atoms. The number of hydrogen-bond donors (Lipinski definition) is 2. The fourth-order valence-corrected chi connectivity index (χ4v) is 5.03. The van der Waals surface area contributed by atoms with Gasteiger partial charge in [-0.1, -0.05) is 12.1 Å². The lowest BCUT2D eigenvalue weighted by atomic mass is 10.2. The summed E-state index contributed by atoms with van der Waals surface area (Å²) in [6, 6.07) is 10.0. The highest BCUT2D eigenvalue weighted by Crippen LogP contribution is 2.25. The van der Waals surface area contributed by atoms with Gasteiger partial charge in [-0.3, -0.25) is 14.9 Å². The maximum Gasteiger partial charge on any atom is 0.341 e. The number of amides is 2. The molecule has 1 heterocycles. The van der Waals surface area contributed by atoms with Gasteiger partial charge >= 0.3 is 5.76 Å². The Labute approximate surface area is 195 Å². The van der Waals surface area contributed by atoms with E-state index in [1.807, 2.05) is 0 Å². The Morgan fingerprint density at radius 1 is 1.06 bits per heavy atom. The summed E-state index contributed by atoms with van der Waals surface area (Å²) in [4.78, 5) is 27.9. The number of rotatable bonds is 9. The van der Waals surface area contributed by atoms with Gasteiger partial charge in [0.25, 0.3) is 5.91 Å². The first-order chi connectivity index (χ1) is 15.7. The van der Waals surface area contributed by atoms with Crippen molar-refractivity contribution >= 4 is 55.6 Å². The second-order valence-electron chi connectivity index (χ2n) is 6.45. The van der Waals surface area contributed by atoms with E-state index in [-0.39, 0.29) is 16.8 Å². The van der Waals surface area contributed by atoms with Crippen LogP contribution in [0.4, 0.5) is 24.0 Å². The molecule has 0 saturated carbocycles. The number of anilines is 2. The number of sulfone groups is 1. The van der Waals surface area contributed by atoms with Crippen LogP contribution in [0.5, 0.6) is 0 Å². The largest absolute Gasteiger partial charge is 0.341 e. The van der Waals surface area contributed by atoms with E-state index >= 15 is 0 Å². The van der Waals surface area contributed by atoms with Crippen molar-refractivity contribution < 1.29 is 31.2 Å². The lowest BCUT2D eigenvalue weighted by molar-refractivity contribution is -0.113. The van der Waals surface area contributed by atoms with Crippen LogP contribution in [0.3, 0.4) is 0 Å². The number of alkyl halides is 2. The van der Waals surface area contributed by atoms with Gasteiger partial charge in [0.05, 0.1) is 21.9 Å². The van der Waals surface area contributed by atoms with Crippen molar-refractivity contribution in [2.75, 3.05) is 16.4 Å².